The van der Waals surface area contributed by atoms with Crippen LogP contribution in [0.5, 0.6) is 0 Å². The summed E-state index contributed by atoms with van der Waals surface area (Å²) in [7, 11) is 0. The molecule has 196 valence electrons. The summed E-state index contributed by atoms with van der Waals surface area (Å²) in [5, 5.41) is 26.7. The molecule has 2 aromatic carbocycles. The van der Waals surface area contributed by atoms with Gasteiger partial charge in [-0.2, -0.15) is 13.8 Å². The third-order valence-electron chi connectivity index (χ3n) is 4.26. The van der Waals surface area contributed by atoms with Crippen LogP contribution in [0.25, 0.3) is 0 Å². The number of halogens is 5. The van der Waals surface area contributed by atoms with Gasteiger partial charge in [-0.25, -0.2) is 9.97 Å². The normalized spacial score (nSPS) is 10.2. The minimum Gasteiger partial charge on any atom is -0.325 e. The second-order valence-corrected chi connectivity index (χ2v) is 8.90. The van der Waals surface area contributed by atoms with E-state index in [0.29, 0.717) is 4.47 Å². The molecule has 13 nitrogen and oxygen atoms in total. The van der Waals surface area contributed by atoms with Crippen molar-refractivity contribution in [3.05, 3.63) is 105 Å². The first-order chi connectivity index (χ1) is 17.9. The largest absolute Gasteiger partial charge is 0.325 e. The fraction of sp³-hybridized carbons (Fsp3) is 0. The predicted octanol–water partition coefficient (Wildman–Crippen LogP) is 6.01. The second kappa shape index (κ2) is 12.4. The van der Waals surface area contributed by atoms with E-state index in [0.717, 1.165) is 24.3 Å². The van der Waals surface area contributed by atoms with E-state index in [9.17, 15) is 33.8 Å². The Morgan fingerprint density at radius 2 is 1.39 bits per heavy atom. The zero-order valence-electron chi connectivity index (χ0n) is 18.3. The highest BCUT2D eigenvalue weighted by Gasteiger charge is 2.16. The molecule has 0 atom stereocenters. The van der Waals surface area contributed by atoms with Crippen LogP contribution in [-0.4, -0.2) is 29.8 Å². The first-order valence-electron chi connectivity index (χ1n) is 9.79. The highest BCUT2D eigenvalue weighted by molar-refractivity contribution is 9.10. The molecular formula is C20H11Br2ClF2N8O5. The zero-order valence-corrected chi connectivity index (χ0v) is 22.2. The maximum atomic E-state index is 13.1. The van der Waals surface area contributed by atoms with Gasteiger partial charge < -0.3 is 10.6 Å². The molecule has 2 heterocycles. The number of anilines is 4. The molecule has 3 N–H and O–H groups in total. The highest BCUT2D eigenvalue weighted by Crippen LogP contribution is 2.25. The van der Waals surface area contributed by atoms with Gasteiger partial charge in [0, 0.05) is 29.7 Å². The number of benzene rings is 2. The topological polar surface area (TPSA) is 182 Å². The van der Waals surface area contributed by atoms with E-state index >= 15 is 0 Å². The number of nitrogens with one attached hydrogen (secondary N) is 3. The molecule has 18 heteroatoms. The van der Waals surface area contributed by atoms with Gasteiger partial charge in [-0.05, 0) is 56.1 Å². The summed E-state index contributed by atoms with van der Waals surface area (Å²) >= 11 is 11.9. The number of nitro benzene ring substituents is 2. The third kappa shape index (κ3) is 7.46. The molecule has 0 aliphatic carbocycles. The van der Waals surface area contributed by atoms with E-state index in [1.54, 1.807) is 0 Å². The van der Waals surface area contributed by atoms with Crippen LogP contribution in [0.15, 0.2) is 62.5 Å². The van der Waals surface area contributed by atoms with Crippen LogP contribution in [0.4, 0.5) is 43.4 Å². The Kier molecular flexibility index (Phi) is 9.32. The predicted molar refractivity (Wildman–Crippen MR) is 140 cm³/mol. The summed E-state index contributed by atoms with van der Waals surface area (Å²) in [6, 6.07) is 6.64. The van der Waals surface area contributed by atoms with E-state index in [1.807, 2.05) is 0 Å². The van der Waals surface area contributed by atoms with Crippen LogP contribution < -0.4 is 16.2 Å². The first kappa shape index (κ1) is 28.5. The molecule has 2 aromatic heterocycles. The maximum Gasteiger partial charge on any atom is 0.306 e. The van der Waals surface area contributed by atoms with Crippen LogP contribution in [0.2, 0.25) is 5.15 Å². The average molecular weight is 677 g/mol. The Hall–Kier alpha value is -4.09. The summed E-state index contributed by atoms with van der Waals surface area (Å²) < 4.78 is 27.0. The van der Waals surface area contributed by atoms with Crippen molar-refractivity contribution >= 4 is 78.1 Å². The van der Waals surface area contributed by atoms with Gasteiger partial charge in [0.1, 0.15) is 9.63 Å². The molecule has 0 radical (unpaired) electrons. The van der Waals surface area contributed by atoms with E-state index in [4.69, 9.17) is 11.6 Å². The van der Waals surface area contributed by atoms with E-state index < -0.39 is 38.4 Å². The van der Waals surface area contributed by atoms with Crippen molar-refractivity contribution in [1.29, 1.82) is 0 Å². The number of H-pyrrole nitrogens is 1. The summed E-state index contributed by atoms with van der Waals surface area (Å²) in [6.45, 7) is 0. The van der Waals surface area contributed by atoms with Crippen molar-refractivity contribution in [3.63, 3.8) is 0 Å². The van der Waals surface area contributed by atoms with Crippen molar-refractivity contribution in [3.8, 4) is 0 Å². The Morgan fingerprint density at radius 3 is 1.89 bits per heavy atom. The number of aromatic nitrogens is 4. The fourth-order valence-electron chi connectivity index (χ4n) is 2.58. The van der Waals surface area contributed by atoms with Crippen molar-refractivity contribution < 1.29 is 18.6 Å². The van der Waals surface area contributed by atoms with Crippen LogP contribution in [-0.2, 0) is 0 Å². The summed E-state index contributed by atoms with van der Waals surface area (Å²) in [6.07, 6.45) is 2.70. The van der Waals surface area contributed by atoms with Crippen LogP contribution in [0.1, 0.15) is 0 Å². The van der Waals surface area contributed by atoms with Gasteiger partial charge >= 0.3 is 11.4 Å². The lowest BCUT2D eigenvalue weighted by molar-refractivity contribution is -0.387. The number of hydrogen-bond acceptors (Lipinski definition) is 10. The van der Waals surface area contributed by atoms with Gasteiger partial charge in [0.15, 0.2) is 0 Å². The molecular weight excluding hydrogens is 666 g/mol. The Balaban J connectivity index is 0.000000211. The Morgan fingerprint density at radius 1 is 0.868 bits per heavy atom. The minimum atomic E-state index is -0.937. The molecule has 0 unspecified atom stereocenters. The Bertz CT molecular complexity index is 1590. The lowest BCUT2D eigenvalue weighted by Gasteiger charge is -2.05. The number of nitro groups is 2. The van der Waals surface area contributed by atoms with Gasteiger partial charge in [0.25, 0.3) is 5.56 Å². The summed E-state index contributed by atoms with van der Waals surface area (Å²) in [4.78, 5) is 44.9. The molecule has 0 aliphatic rings. The number of aromatic amines is 1. The Labute approximate surface area is 231 Å². The van der Waals surface area contributed by atoms with E-state index in [2.05, 4.69) is 62.4 Å². The molecule has 0 fully saturated rings. The van der Waals surface area contributed by atoms with Crippen molar-refractivity contribution in [2.75, 3.05) is 10.6 Å². The lowest BCUT2D eigenvalue weighted by atomic mass is 10.2. The molecule has 0 saturated carbocycles. The van der Waals surface area contributed by atoms with Gasteiger partial charge in [0.2, 0.25) is 23.5 Å². The molecule has 4 aromatic rings. The van der Waals surface area contributed by atoms with Gasteiger partial charge in [-0.1, -0.05) is 11.6 Å². The van der Waals surface area contributed by atoms with Crippen molar-refractivity contribution in [2.45, 2.75) is 0 Å². The highest BCUT2D eigenvalue weighted by atomic mass is 79.9. The first-order valence-corrected chi connectivity index (χ1v) is 11.8. The van der Waals surface area contributed by atoms with E-state index in [1.165, 1.54) is 24.5 Å². The van der Waals surface area contributed by atoms with E-state index in [-0.39, 0.29) is 32.9 Å². The van der Waals surface area contributed by atoms with Crippen LogP contribution >= 0.6 is 43.5 Å². The molecule has 38 heavy (non-hydrogen) atoms. The fourth-order valence-corrected chi connectivity index (χ4v) is 3.10. The third-order valence-corrected chi connectivity index (χ3v) is 5.92. The van der Waals surface area contributed by atoms with Gasteiger partial charge in [0.05, 0.1) is 20.5 Å². The average Bonchev–Trinajstić information content (AvgIpc) is 2.86. The van der Waals surface area contributed by atoms with Crippen LogP contribution in [0, 0.1) is 31.9 Å². The molecule has 0 spiro atoms. The maximum absolute atomic E-state index is 13.1. The zero-order chi connectivity index (χ0) is 28.0. The molecule has 4 rings (SSSR count). The minimum absolute atomic E-state index is 0.0918. The van der Waals surface area contributed by atoms with Crippen molar-refractivity contribution in [2.24, 2.45) is 0 Å². The quantitative estimate of drug-likeness (QED) is 0.124. The molecule has 0 aliphatic heterocycles. The van der Waals surface area contributed by atoms with Crippen LogP contribution in [0.3, 0.4) is 0 Å². The summed E-state index contributed by atoms with van der Waals surface area (Å²) in [5.41, 5.74) is -1.18. The number of rotatable bonds is 6. The molecule has 0 bridgehead atoms. The monoisotopic (exact) mass is 674 g/mol. The lowest BCUT2D eigenvalue weighted by Crippen LogP contribution is -2.10. The number of hydrogen-bond donors (Lipinski definition) is 3. The van der Waals surface area contributed by atoms with Gasteiger partial charge in [-0.3, -0.25) is 30.0 Å². The smallest absolute Gasteiger partial charge is 0.306 e. The molecule has 0 amide bonds. The van der Waals surface area contributed by atoms with Gasteiger partial charge in [-0.15, -0.1) is 0 Å². The summed E-state index contributed by atoms with van der Waals surface area (Å²) in [5.74, 6) is -1.61. The second-order valence-electron chi connectivity index (χ2n) is 6.84. The SMILES string of the molecule is O=[N+]([O-])c1cc(Nc2ncc(Br)c(Cl)n2)ccc1F.O=c1[nH]c(Nc2ccc(F)c([N+](=O)[O-])c2)ncc1Br. The molecule has 0 saturated heterocycles. The number of nitrogens with zero attached hydrogens (tertiary/aromatic N) is 5. The standard InChI is InChI=1S/C10H5BrClFN4O2.C10H6BrFN4O3/c11-6-4-14-10(16-9(6)12)15-5-1-2-7(13)8(3-5)17(18)19;11-6-4-13-10(15-9(6)17)14-5-1-2-7(12)8(3-5)16(18)19/h1-4H,(H,14,15,16);1-4H,(H2,13,14,15,17). The van der Waals surface area contributed by atoms with Crippen molar-refractivity contribution in [1.82, 2.24) is 19.9 Å².